The second kappa shape index (κ2) is 1.76. The fourth-order valence-corrected chi connectivity index (χ4v) is 2.61. The highest BCUT2D eigenvalue weighted by atomic mass is 32.2. The van der Waals surface area contributed by atoms with Crippen LogP contribution in [-0.4, -0.2) is 35.6 Å². The zero-order chi connectivity index (χ0) is 9.45. The van der Waals surface area contributed by atoms with Crippen molar-refractivity contribution in [2.75, 3.05) is 0 Å². The molecule has 4 aliphatic rings. The van der Waals surface area contributed by atoms with Crippen molar-refractivity contribution >= 4 is 26.7 Å². The molecule has 7 heteroatoms. The van der Waals surface area contributed by atoms with Gasteiger partial charge in [-0.3, -0.25) is 0 Å². The molecule has 0 radical (unpaired) electrons. The van der Waals surface area contributed by atoms with E-state index < -0.39 is 10.3 Å². The quantitative estimate of drug-likeness (QED) is 0.390. The van der Waals surface area contributed by atoms with Gasteiger partial charge in [0.2, 0.25) is 15.3 Å². The van der Waals surface area contributed by atoms with Crippen LogP contribution in [0.2, 0.25) is 0 Å². The fourth-order valence-electron chi connectivity index (χ4n) is 2.11. The van der Waals surface area contributed by atoms with Crippen LogP contribution >= 0.6 is 0 Å². The molecule has 14 heavy (non-hydrogen) atoms. The number of azo groups is 1. The number of allylic oxidation sites excluding steroid dienone is 1. The third kappa shape index (κ3) is 0.532. The van der Waals surface area contributed by atoms with Gasteiger partial charge in [-0.25, -0.2) is 0 Å². The molecule has 1 unspecified atom stereocenters. The molecule has 0 fully saturated rings. The molecule has 1 atom stereocenters. The van der Waals surface area contributed by atoms with E-state index in [1.807, 2.05) is 4.68 Å². The van der Waals surface area contributed by atoms with Crippen LogP contribution in [0.25, 0.3) is 0 Å². The van der Waals surface area contributed by atoms with E-state index in [9.17, 15) is 8.42 Å². The van der Waals surface area contributed by atoms with E-state index in [0.29, 0.717) is 12.0 Å². The molecule has 3 aliphatic heterocycles. The summed E-state index contributed by atoms with van der Waals surface area (Å²) in [5.74, 6) is 0. The van der Waals surface area contributed by atoms with Gasteiger partial charge in [0.15, 0.2) is 5.71 Å². The summed E-state index contributed by atoms with van der Waals surface area (Å²) in [4.78, 5) is 0.0682. The molecular formula is C7H3N4O2S+. The van der Waals surface area contributed by atoms with Gasteiger partial charge in [0.1, 0.15) is 5.57 Å². The molecule has 3 heterocycles. The van der Waals surface area contributed by atoms with Gasteiger partial charge < -0.3 is 0 Å². The Bertz CT molecular complexity index is 654. The van der Waals surface area contributed by atoms with E-state index in [1.165, 1.54) is 0 Å². The van der Waals surface area contributed by atoms with E-state index in [-0.39, 0.29) is 11.0 Å². The molecule has 0 saturated carbocycles. The predicted molar refractivity (Wildman–Crippen MR) is 46.9 cm³/mol. The van der Waals surface area contributed by atoms with Gasteiger partial charge in [-0.15, -0.1) is 5.11 Å². The van der Waals surface area contributed by atoms with Gasteiger partial charge in [0.05, 0.1) is 5.70 Å². The molecule has 6 nitrogen and oxygen atoms in total. The van der Waals surface area contributed by atoms with Gasteiger partial charge in [-0.2, -0.15) is 13.5 Å². The number of rotatable bonds is 0. The van der Waals surface area contributed by atoms with Crippen molar-refractivity contribution < 1.29 is 13.1 Å². The molecule has 0 bridgehead atoms. The van der Waals surface area contributed by atoms with Crippen molar-refractivity contribution in [1.82, 2.24) is 0 Å². The predicted octanol–water partition coefficient (Wildman–Crippen LogP) is -0.676. The van der Waals surface area contributed by atoms with Crippen LogP contribution in [0.15, 0.2) is 26.6 Å². The van der Waals surface area contributed by atoms with E-state index in [2.05, 4.69) is 15.3 Å². The monoisotopic (exact) mass is 207 g/mol. The Morgan fingerprint density at radius 3 is 3.00 bits per heavy atom. The third-order valence-corrected chi connectivity index (χ3v) is 3.36. The molecule has 0 amide bonds. The average molecular weight is 207 g/mol. The number of hydrogen-bond acceptors (Lipinski definition) is 4. The van der Waals surface area contributed by atoms with Crippen LogP contribution in [0.4, 0.5) is 0 Å². The Kier molecular flexibility index (Phi) is 0.850. The van der Waals surface area contributed by atoms with Crippen LogP contribution in [-0.2, 0) is 10.3 Å². The summed E-state index contributed by atoms with van der Waals surface area (Å²) < 4.78 is 23.5. The minimum absolute atomic E-state index is 0.0682. The molecule has 0 spiro atoms. The summed E-state index contributed by atoms with van der Waals surface area (Å²) in [6, 6.07) is 0.274. The molecule has 4 rings (SSSR count). The van der Waals surface area contributed by atoms with Gasteiger partial charge in [0.25, 0.3) is 5.71 Å². The summed E-state index contributed by atoms with van der Waals surface area (Å²) in [5.41, 5.74) is 3.48. The summed E-state index contributed by atoms with van der Waals surface area (Å²) in [5, 5.41) is 11.7. The molecule has 0 aromatic rings. The van der Waals surface area contributed by atoms with Crippen molar-refractivity contribution in [3.8, 4) is 0 Å². The second-order valence-electron chi connectivity index (χ2n) is 3.46. The lowest BCUT2D eigenvalue weighted by atomic mass is 9.95. The van der Waals surface area contributed by atoms with Gasteiger partial charge >= 0.3 is 6.04 Å². The van der Waals surface area contributed by atoms with E-state index in [0.717, 1.165) is 17.1 Å². The first-order valence-electron chi connectivity index (χ1n) is 4.12. The van der Waals surface area contributed by atoms with Crippen LogP contribution in [0.5, 0.6) is 0 Å². The highest BCUT2D eigenvalue weighted by Gasteiger charge is 2.68. The number of nitrogens with zero attached hydrogens (tertiary/aromatic N) is 4. The largest absolute Gasteiger partial charge is 0.314 e. The summed E-state index contributed by atoms with van der Waals surface area (Å²) >= 11 is 0. The van der Waals surface area contributed by atoms with Crippen molar-refractivity contribution in [3.05, 3.63) is 11.3 Å². The Balaban J connectivity index is 2.06. The minimum atomic E-state index is -2.30. The fraction of sp³-hybridized carbons (Fsp3) is 0.286. The molecule has 0 saturated heterocycles. The first-order valence-corrected chi connectivity index (χ1v) is 5.20. The lowest BCUT2D eigenvalue weighted by molar-refractivity contribution is -0.485. The highest BCUT2D eigenvalue weighted by molar-refractivity contribution is 7.73. The zero-order valence-corrected chi connectivity index (χ0v) is 7.61. The van der Waals surface area contributed by atoms with Gasteiger partial charge in [0, 0.05) is 11.5 Å². The second-order valence-corrected chi connectivity index (χ2v) is 4.32. The van der Waals surface area contributed by atoms with E-state index in [1.54, 1.807) is 0 Å². The summed E-state index contributed by atoms with van der Waals surface area (Å²) in [7, 11) is -2.30. The molecule has 0 aromatic heterocycles. The molecular weight excluding hydrogens is 204 g/mol. The maximum absolute atomic E-state index is 10.8. The smallest absolute Gasteiger partial charge is 0.182 e. The third-order valence-electron chi connectivity index (χ3n) is 2.76. The first kappa shape index (κ1) is 6.77. The lowest BCUT2D eigenvalue weighted by Crippen LogP contribution is -2.29. The number of hydrazone groups is 1. The lowest BCUT2D eigenvalue weighted by Gasteiger charge is -2.04. The Hall–Kier alpha value is -1.63. The summed E-state index contributed by atoms with van der Waals surface area (Å²) in [6.45, 7) is 0. The van der Waals surface area contributed by atoms with Crippen LogP contribution in [0, 0.1) is 0 Å². The SMILES string of the molecule is O=S(=O)=C1N=NC2=C1C1=[N+]3N=C(C2)C13. The zero-order valence-electron chi connectivity index (χ0n) is 6.80. The Labute approximate surface area is 79.5 Å². The Morgan fingerprint density at radius 2 is 2.21 bits per heavy atom. The normalized spacial score (nSPS) is 29.9. The number of hydrogen-bond donors (Lipinski definition) is 0. The van der Waals surface area contributed by atoms with Crippen molar-refractivity contribution in [3.63, 3.8) is 0 Å². The summed E-state index contributed by atoms with van der Waals surface area (Å²) in [6.07, 6.45) is 0.643. The van der Waals surface area contributed by atoms with Crippen LogP contribution in [0.3, 0.4) is 0 Å². The first-order chi connectivity index (χ1) is 6.77. The maximum Gasteiger partial charge on any atom is 0.314 e. The van der Waals surface area contributed by atoms with E-state index in [4.69, 9.17) is 0 Å². The van der Waals surface area contributed by atoms with Crippen LogP contribution < -0.4 is 0 Å². The van der Waals surface area contributed by atoms with Crippen molar-refractivity contribution in [2.45, 2.75) is 12.5 Å². The standard InChI is InChI=1S/C7H3N4O2S/c12-14(13)7-4-2(8-9-7)1-3-5-6(4)11(5)10-3/h5H,1H2/q+1. The van der Waals surface area contributed by atoms with Crippen LogP contribution in [0.1, 0.15) is 6.42 Å². The van der Waals surface area contributed by atoms with Crippen molar-refractivity contribution in [2.24, 2.45) is 15.3 Å². The maximum atomic E-state index is 10.8. The molecule has 1 aliphatic carbocycles. The topological polar surface area (TPSA) is 74.2 Å². The molecule has 0 N–H and O–H groups in total. The van der Waals surface area contributed by atoms with Gasteiger partial charge in [-0.1, -0.05) is 4.68 Å². The minimum Gasteiger partial charge on any atom is -0.182 e. The van der Waals surface area contributed by atoms with Gasteiger partial charge in [-0.05, 0) is 0 Å². The molecule has 0 aromatic carbocycles. The Morgan fingerprint density at radius 1 is 1.36 bits per heavy atom. The number of fused-ring (bicyclic) bond motifs is 1. The van der Waals surface area contributed by atoms with Crippen molar-refractivity contribution in [1.29, 1.82) is 0 Å². The highest BCUT2D eigenvalue weighted by Crippen LogP contribution is 2.41. The van der Waals surface area contributed by atoms with E-state index >= 15 is 0 Å². The molecule has 68 valence electrons. The average Bonchev–Trinajstić information content (AvgIpc) is 2.59.